The van der Waals surface area contributed by atoms with Crippen molar-refractivity contribution in [2.45, 2.75) is 41.9 Å². The molecule has 1 radical (unpaired) electrons. The first-order valence-electron chi connectivity index (χ1n) is 4.56. The first-order valence-corrected chi connectivity index (χ1v) is 4.56. The van der Waals surface area contributed by atoms with E-state index >= 15 is 0 Å². The van der Waals surface area contributed by atoms with Crippen molar-refractivity contribution in [1.82, 2.24) is 0 Å². The van der Waals surface area contributed by atoms with E-state index in [2.05, 4.69) is 0 Å². The number of halogens is 15. The maximum Gasteiger partial charge on any atom is 0.456 e. The van der Waals surface area contributed by atoms with Crippen LogP contribution in [0.15, 0.2) is 0 Å². The summed E-state index contributed by atoms with van der Waals surface area (Å²) >= 11 is 0. The van der Waals surface area contributed by atoms with E-state index in [1.165, 1.54) is 0 Å². The summed E-state index contributed by atoms with van der Waals surface area (Å²) in [6.07, 6.45) is -23.4. The maximum atomic E-state index is 12.7. The van der Waals surface area contributed by atoms with Gasteiger partial charge in [0.05, 0.1) is 0 Å². The SMILES string of the molecule is OC(C(F)(F)C(F)(F)F)(C(F)(F)C(F)(F)F)C(F)(F)C(F)(F)F.[K]. The number of hydrogen-bond acceptors (Lipinski definition) is 1. The summed E-state index contributed by atoms with van der Waals surface area (Å²) in [5, 5.41) is 8.19. The van der Waals surface area contributed by atoms with E-state index in [1.54, 1.807) is 0 Å². The minimum atomic E-state index is -8.23. The van der Waals surface area contributed by atoms with Gasteiger partial charge in [0.15, 0.2) is 0 Å². The quantitative estimate of drug-likeness (QED) is 0.537. The second kappa shape index (κ2) is 6.61. The van der Waals surface area contributed by atoms with Crippen molar-refractivity contribution in [2.24, 2.45) is 0 Å². The fraction of sp³-hybridized carbons (Fsp3) is 1.00. The van der Waals surface area contributed by atoms with Gasteiger partial charge in [0.25, 0.3) is 5.60 Å². The number of hydrogen-bond donors (Lipinski definition) is 1. The van der Waals surface area contributed by atoms with Crippen molar-refractivity contribution in [2.75, 3.05) is 0 Å². The molecule has 0 aliphatic carbocycles. The first kappa shape index (κ1) is 26.8. The third-order valence-electron chi connectivity index (χ3n) is 2.43. The van der Waals surface area contributed by atoms with Crippen LogP contribution in [0.3, 0.4) is 0 Å². The molecule has 0 unspecified atom stereocenters. The molecule has 0 rings (SSSR count). The number of aliphatic hydroxyl groups is 1. The van der Waals surface area contributed by atoms with Gasteiger partial charge in [0.1, 0.15) is 0 Å². The Balaban J connectivity index is 0. The van der Waals surface area contributed by atoms with Gasteiger partial charge in [0.2, 0.25) is 0 Å². The van der Waals surface area contributed by atoms with Crippen LogP contribution in [-0.2, 0) is 0 Å². The van der Waals surface area contributed by atoms with E-state index in [0.717, 1.165) is 0 Å². The Kier molecular flexibility index (Phi) is 7.38. The van der Waals surface area contributed by atoms with E-state index in [9.17, 15) is 65.9 Å². The average molecular weight is 425 g/mol. The molecule has 0 aliphatic heterocycles. The Morgan fingerprint density at radius 3 is 0.583 bits per heavy atom. The molecule has 0 heterocycles. The van der Waals surface area contributed by atoms with Crippen LogP contribution in [0.5, 0.6) is 0 Å². The largest absolute Gasteiger partial charge is 0.456 e. The van der Waals surface area contributed by atoms with Crippen LogP contribution in [0, 0.1) is 0 Å². The minimum absolute atomic E-state index is 0. The first-order chi connectivity index (χ1) is 9.50. The molecular weight excluding hydrogens is 424 g/mol. The van der Waals surface area contributed by atoms with Gasteiger partial charge in [0, 0.05) is 51.4 Å². The van der Waals surface area contributed by atoms with Crippen LogP contribution in [0.1, 0.15) is 0 Å². The van der Waals surface area contributed by atoms with E-state index in [0.29, 0.717) is 0 Å². The van der Waals surface area contributed by atoms with Gasteiger partial charge >= 0.3 is 36.3 Å². The molecule has 0 saturated heterocycles. The molecule has 0 aromatic carbocycles. The predicted molar refractivity (Wildman–Crippen MR) is 43.7 cm³/mol. The van der Waals surface area contributed by atoms with Gasteiger partial charge in [-0.3, -0.25) is 0 Å². The molecule has 0 atom stereocenters. The van der Waals surface area contributed by atoms with Crippen LogP contribution in [0.4, 0.5) is 65.9 Å². The van der Waals surface area contributed by atoms with Crippen LogP contribution in [0.2, 0.25) is 0 Å². The molecule has 1 nitrogen and oxygen atoms in total. The van der Waals surface area contributed by atoms with Crippen LogP contribution in [0.25, 0.3) is 0 Å². The Morgan fingerprint density at radius 1 is 0.375 bits per heavy atom. The smallest absolute Gasteiger partial charge is 0.373 e. The van der Waals surface area contributed by atoms with Crippen LogP contribution in [-0.4, -0.2) is 98.4 Å². The molecule has 0 amide bonds. The molecular formula is C7HF15KO. The van der Waals surface area contributed by atoms with Gasteiger partial charge in [-0.1, -0.05) is 0 Å². The zero-order chi connectivity index (χ0) is 19.5. The third-order valence-corrected chi connectivity index (χ3v) is 2.43. The Labute approximate surface area is 163 Å². The second-order valence-corrected chi connectivity index (χ2v) is 3.93. The van der Waals surface area contributed by atoms with Gasteiger partial charge in [-0.05, 0) is 0 Å². The monoisotopic (exact) mass is 425 g/mol. The fourth-order valence-corrected chi connectivity index (χ4v) is 1.21. The topological polar surface area (TPSA) is 20.2 Å². The van der Waals surface area contributed by atoms with Crippen molar-refractivity contribution < 1.29 is 71.0 Å². The summed E-state index contributed by atoms with van der Waals surface area (Å²) in [5.74, 6) is -24.6. The molecule has 0 saturated carbocycles. The standard InChI is InChI=1S/C7HF15O.K/c8-2(9,5(14,15)16)1(23,3(10,11)6(17,18)19)4(12,13)7(20,21)22;/h23H;. The summed E-state index contributed by atoms with van der Waals surface area (Å²) in [6, 6.07) is 0. The third kappa shape index (κ3) is 3.52. The zero-order valence-electron chi connectivity index (χ0n) is 10.6. The fourth-order valence-electron chi connectivity index (χ4n) is 1.21. The Morgan fingerprint density at radius 2 is 0.500 bits per heavy atom. The summed E-state index contributed by atoms with van der Waals surface area (Å²) in [4.78, 5) is 0. The van der Waals surface area contributed by atoms with Gasteiger partial charge in [-0.15, -0.1) is 0 Å². The summed E-state index contributed by atoms with van der Waals surface area (Å²) in [6.45, 7) is 0. The zero-order valence-corrected chi connectivity index (χ0v) is 13.7. The molecule has 0 aromatic heterocycles. The Hall–Kier alpha value is 0.546. The van der Waals surface area contributed by atoms with Crippen molar-refractivity contribution in [3.63, 3.8) is 0 Å². The second-order valence-electron chi connectivity index (χ2n) is 3.93. The van der Waals surface area contributed by atoms with E-state index < -0.39 is 41.9 Å². The van der Waals surface area contributed by atoms with Crippen LogP contribution >= 0.6 is 0 Å². The number of alkyl halides is 15. The molecule has 0 fully saturated rings. The minimum Gasteiger partial charge on any atom is -0.373 e. The van der Waals surface area contributed by atoms with Crippen molar-refractivity contribution in [1.29, 1.82) is 0 Å². The van der Waals surface area contributed by atoms with E-state index in [-0.39, 0.29) is 51.4 Å². The molecule has 17 heteroatoms. The summed E-state index contributed by atoms with van der Waals surface area (Å²) in [5.41, 5.74) is -8.23. The van der Waals surface area contributed by atoms with E-state index in [1.807, 2.05) is 0 Å². The summed E-state index contributed by atoms with van der Waals surface area (Å²) < 4.78 is 183. The molecule has 0 aromatic rings. The van der Waals surface area contributed by atoms with Crippen molar-refractivity contribution >= 4 is 51.4 Å². The number of rotatable bonds is 3. The predicted octanol–water partition coefficient (Wildman–Crippen LogP) is 3.93. The molecule has 141 valence electrons. The molecule has 0 aliphatic rings. The van der Waals surface area contributed by atoms with Gasteiger partial charge < -0.3 is 5.11 Å². The molecule has 0 spiro atoms. The maximum absolute atomic E-state index is 12.7. The summed E-state index contributed by atoms with van der Waals surface area (Å²) in [7, 11) is 0. The van der Waals surface area contributed by atoms with E-state index in [4.69, 9.17) is 5.11 Å². The normalized spacial score (nSPS) is 16.0. The molecule has 0 bridgehead atoms. The average Bonchev–Trinajstić information content (AvgIpc) is 2.22. The molecule has 1 N–H and O–H groups in total. The van der Waals surface area contributed by atoms with Crippen molar-refractivity contribution in [3.05, 3.63) is 0 Å². The Bertz CT molecular complexity index is 378. The van der Waals surface area contributed by atoms with Gasteiger partial charge in [-0.25, -0.2) is 0 Å². The van der Waals surface area contributed by atoms with Gasteiger partial charge in [-0.2, -0.15) is 65.9 Å². The molecule has 24 heavy (non-hydrogen) atoms. The van der Waals surface area contributed by atoms with Crippen LogP contribution < -0.4 is 0 Å². The van der Waals surface area contributed by atoms with Crippen molar-refractivity contribution in [3.8, 4) is 0 Å².